The highest BCUT2D eigenvalue weighted by molar-refractivity contribution is 5.72. The van der Waals surface area contributed by atoms with Gasteiger partial charge in [0.2, 0.25) is 0 Å². The van der Waals surface area contributed by atoms with E-state index in [9.17, 15) is 9.18 Å². The lowest BCUT2D eigenvalue weighted by molar-refractivity contribution is -0.105. The summed E-state index contributed by atoms with van der Waals surface area (Å²) in [5.41, 5.74) is 5.77. The molecule has 4 N–H and O–H groups in total. The number of rotatable bonds is 3. The van der Waals surface area contributed by atoms with E-state index in [1.54, 1.807) is 0 Å². The van der Waals surface area contributed by atoms with Gasteiger partial charge in [0.15, 0.2) is 6.29 Å². The van der Waals surface area contributed by atoms with E-state index >= 15 is 0 Å². The quantitative estimate of drug-likeness (QED) is 0.319. The molecule has 0 amide bonds. The maximum atomic E-state index is 12.5. The summed E-state index contributed by atoms with van der Waals surface area (Å²) in [6, 6.07) is 5.48. The van der Waals surface area contributed by atoms with Crippen LogP contribution in [0.15, 0.2) is 36.2 Å². The second-order valence-electron chi connectivity index (χ2n) is 2.63. The Morgan fingerprint density at radius 1 is 1.36 bits per heavy atom. The fraction of sp³-hybridized carbons (Fsp3) is 0. The molecule has 5 heteroatoms. The summed E-state index contributed by atoms with van der Waals surface area (Å²) >= 11 is 0. The number of halogens is 1. The first-order valence-corrected chi connectivity index (χ1v) is 3.85. The van der Waals surface area contributed by atoms with Crippen molar-refractivity contribution in [1.82, 2.24) is 0 Å². The van der Waals surface area contributed by atoms with Crippen molar-refractivity contribution in [2.24, 2.45) is 11.6 Å². The van der Waals surface area contributed by atoms with Gasteiger partial charge in [-0.05, 0) is 24.3 Å². The van der Waals surface area contributed by atoms with Crippen LogP contribution in [0.4, 0.5) is 10.1 Å². The molecule has 0 aliphatic heterocycles. The van der Waals surface area contributed by atoms with Crippen molar-refractivity contribution in [1.29, 1.82) is 0 Å². The number of hydrazine groups is 1. The maximum absolute atomic E-state index is 12.5. The molecule has 0 aliphatic rings. The molecule has 0 atom stereocenters. The summed E-state index contributed by atoms with van der Waals surface area (Å²) in [6.07, 6.45) is 1.73. The van der Waals surface area contributed by atoms with Gasteiger partial charge in [0.25, 0.3) is 0 Å². The number of benzene rings is 1. The Morgan fingerprint density at radius 2 is 1.93 bits per heavy atom. The van der Waals surface area contributed by atoms with Crippen LogP contribution in [-0.2, 0) is 4.79 Å². The second-order valence-corrected chi connectivity index (χ2v) is 2.63. The second kappa shape index (κ2) is 4.38. The van der Waals surface area contributed by atoms with E-state index < -0.39 is 0 Å². The SMILES string of the molecule is N/C(C=O)=C\N(N)c1ccc(F)cc1. The highest BCUT2D eigenvalue weighted by Crippen LogP contribution is 2.11. The minimum atomic E-state index is -0.352. The van der Waals surface area contributed by atoms with Crippen molar-refractivity contribution in [3.63, 3.8) is 0 Å². The Balaban J connectivity index is 2.84. The zero-order valence-corrected chi connectivity index (χ0v) is 7.35. The van der Waals surface area contributed by atoms with Gasteiger partial charge in [-0.1, -0.05) is 0 Å². The van der Waals surface area contributed by atoms with Gasteiger partial charge in [0, 0.05) is 6.20 Å². The van der Waals surface area contributed by atoms with Crippen LogP contribution in [0.1, 0.15) is 0 Å². The Kier molecular flexibility index (Phi) is 3.19. The van der Waals surface area contributed by atoms with Crippen molar-refractivity contribution in [3.8, 4) is 0 Å². The van der Waals surface area contributed by atoms with Crippen LogP contribution in [0.3, 0.4) is 0 Å². The molecule has 0 unspecified atom stereocenters. The topological polar surface area (TPSA) is 72.4 Å². The largest absolute Gasteiger partial charge is 0.395 e. The van der Waals surface area contributed by atoms with Crippen molar-refractivity contribution in [2.45, 2.75) is 0 Å². The van der Waals surface area contributed by atoms with Crippen LogP contribution < -0.4 is 16.6 Å². The van der Waals surface area contributed by atoms with Crippen LogP contribution in [-0.4, -0.2) is 6.29 Å². The summed E-state index contributed by atoms with van der Waals surface area (Å²) in [6.45, 7) is 0. The van der Waals surface area contributed by atoms with Crippen molar-refractivity contribution in [3.05, 3.63) is 42.0 Å². The number of nitrogens with two attached hydrogens (primary N) is 2. The molecular formula is C9H10FN3O. The predicted molar refractivity (Wildman–Crippen MR) is 51.4 cm³/mol. The predicted octanol–water partition coefficient (Wildman–Crippen LogP) is 0.505. The first kappa shape index (κ1) is 10.2. The first-order chi connectivity index (χ1) is 6.63. The average molecular weight is 195 g/mol. The summed E-state index contributed by atoms with van der Waals surface area (Å²) in [7, 11) is 0. The fourth-order valence-corrected chi connectivity index (χ4v) is 0.879. The van der Waals surface area contributed by atoms with E-state index in [0.717, 1.165) is 5.01 Å². The lowest BCUT2D eigenvalue weighted by Gasteiger charge is -2.13. The van der Waals surface area contributed by atoms with Crippen LogP contribution in [0.2, 0.25) is 0 Å². The molecule has 74 valence electrons. The minimum absolute atomic E-state index is 0.00294. The number of carbonyl (C=O) groups is 1. The van der Waals surface area contributed by atoms with Gasteiger partial charge in [-0.25, -0.2) is 10.2 Å². The number of aldehydes is 1. The lowest BCUT2D eigenvalue weighted by Crippen LogP contribution is -2.26. The van der Waals surface area contributed by atoms with Gasteiger partial charge >= 0.3 is 0 Å². The standard InChI is InChI=1S/C9H10FN3O/c10-7-1-3-9(4-2-7)13(12)5-8(11)6-14/h1-6H,11-12H2/b8-5-. The molecule has 1 rings (SSSR count). The molecule has 0 saturated carbocycles. The van der Waals surface area contributed by atoms with E-state index in [0.29, 0.717) is 12.0 Å². The normalized spacial score (nSPS) is 11.1. The van der Waals surface area contributed by atoms with E-state index in [-0.39, 0.29) is 11.5 Å². The van der Waals surface area contributed by atoms with Crippen molar-refractivity contribution in [2.75, 3.05) is 5.01 Å². The third-order valence-electron chi connectivity index (χ3n) is 1.55. The third kappa shape index (κ3) is 2.56. The molecule has 0 bridgehead atoms. The average Bonchev–Trinajstić information content (AvgIpc) is 2.18. The number of carbonyl (C=O) groups excluding carboxylic acids is 1. The number of hydrogen-bond acceptors (Lipinski definition) is 4. The molecule has 0 aliphatic carbocycles. The molecule has 1 aromatic carbocycles. The van der Waals surface area contributed by atoms with Gasteiger partial charge in [-0.3, -0.25) is 9.80 Å². The Hall–Kier alpha value is -1.88. The number of hydrogen-bond donors (Lipinski definition) is 2. The van der Waals surface area contributed by atoms with Gasteiger partial charge in [0.1, 0.15) is 5.82 Å². The fourth-order valence-electron chi connectivity index (χ4n) is 0.879. The summed E-state index contributed by atoms with van der Waals surface area (Å²) in [4.78, 5) is 10.2. The molecule has 0 spiro atoms. The van der Waals surface area contributed by atoms with Gasteiger partial charge in [-0.15, -0.1) is 0 Å². The third-order valence-corrected chi connectivity index (χ3v) is 1.55. The van der Waals surface area contributed by atoms with Crippen molar-refractivity contribution < 1.29 is 9.18 Å². The summed E-state index contributed by atoms with van der Waals surface area (Å²) in [5, 5.41) is 1.14. The van der Waals surface area contributed by atoms with Gasteiger partial charge < -0.3 is 5.73 Å². The molecule has 0 aromatic heterocycles. The van der Waals surface area contributed by atoms with Gasteiger partial charge in [-0.2, -0.15) is 0 Å². The molecule has 4 nitrogen and oxygen atoms in total. The van der Waals surface area contributed by atoms with Crippen LogP contribution in [0.25, 0.3) is 0 Å². The molecule has 1 aromatic rings. The van der Waals surface area contributed by atoms with Crippen LogP contribution in [0.5, 0.6) is 0 Å². The zero-order chi connectivity index (χ0) is 10.6. The molecule has 0 fully saturated rings. The van der Waals surface area contributed by atoms with E-state index in [1.807, 2.05) is 0 Å². The highest BCUT2D eigenvalue weighted by atomic mass is 19.1. The van der Waals surface area contributed by atoms with E-state index in [1.165, 1.54) is 30.5 Å². The maximum Gasteiger partial charge on any atom is 0.167 e. The number of nitrogens with zero attached hydrogens (tertiary/aromatic N) is 1. The Morgan fingerprint density at radius 3 is 2.43 bits per heavy atom. The molecule has 0 saturated heterocycles. The smallest absolute Gasteiger partial charge is 0.167 e. The zero-order valence-electron chi connectivity index (χ0n) is 7.35. The van der Waals surface area contributed by atoms with Crippen LogP contribution >= 0.6 is 0 Å². The molecule has 0 radical (unpaired) electrons. The lowest BCUT2D eigenvalue weighted by atomic mass is 10.3. The molecule has 14 heavy (non-hydrogen) atoms. The first-order valence-electron chi connectivity index (χ1n) is 3.85. The minimum Gasteiger partial charge on any atom is -0.395 e. The van der Waals surface area contributed by atoms with Crippen molar-refractivity contribution >= 4 is 12.0 Å². The summed E-state index contributed by atoms with van der Waals surface area (Å²) in [5.74, 6) is 5.16. The molecular weight excluding hydrogens is 185 g/mol. The van der Waals surface area contributed by atoms with E-state index in [4.69, 9.17) is 11.6 Å². The molecule has 0 heterocycles. The number of anilines is 1. The number of allylic oxidation sites excluding steroid dienone is 1. The Labute approximate surface area is 80.6 Å². The van der Waals surface area contributed by atoms with Crippen LogP contribution in [0, 0.1) is 5.82 Å². The monoisotopic (exact) mass is 195 g/mol. The van der Waals surface area contributed by atoms with E-state index in [2.05, 4.69) is 0 Å². The highest BCUT2D eigenvalue weighted by Gasteiger charge is 1.98. The summed E-state index contributed by atoms with van der Waals surface area (Å²) < 4.78 is 12.5. The Bertz CT molecular complexity index is 348. The van der Waals surface area contributed by atoms with Gasteiger partial charge in [0.05, 0.1) is 11.4 Å².